The van der Waals surface area contributed by atoms with E-state index in [0.717, 1.165) is 15.9 Å². The van der Waals surface area contributed by atoms with Gasteiger partial charge in [0, 0.05) is 5.39 Å². The van der Waals surface area contributed by atoms with Crippen LogP contribution >= 0.6 is 34.7 Å². The Morgan fingerprint density at radius 1 is 1.06 bits per heavy atom. The normalized spacial score (nSPS) is 10.9. The number of halogens is 1. The van der Waals surface area contributed by atoms with Gasteiger partial charge in [-0.3, -0.25) is 0 Å². The minimum absolute atomic E-state index is 0.294. The molecule has 3 aromatic rings. The van der Waals surface area contributed by atoms with Crippen LogP contribution in [0.25, 0.3) is 10.9 Å². The van der Waals surface area contributed by atoms with Crippen molar-refractivity contribution in [3.05, 3.63) is 47.1 Å². The molecule has 0 amide bonds. The van der Waals surface area contributed by atoms with Crippen molar-refractivity contribution in [2.45, 2.75) is 9.24 Å². The maximum Gasteiger partial charge on any atom is 0.224 e. The first kappa shape index (κ1) is 11.0. The predicted octanol–water partition coefficient (Wildman–Crippen LogP) is 4.50. The van der Waals surface area contributed by atoms with E-state index in [2.05, 4.69) is 16.0 Å². The average molecular weight is 279 g/mol. The molecule has 0 aliphatic rings. The molecule has 3 rings (SSSR count). The van der Waals surface area contributed by atoms with Gasteiger partial charge in [0.2, 0.25) is 5.28 Å². The second-order valence-corrected chi connectivity index (χ2v) is 5.92. The highest BCUT2D eigenvalue weighted by atomic mass is 35.5. The zero-order chi connectivity index (χ0) is 11.7. The second-order valence-electron chi connectivity index (χ2n) is 3.35. The van der Waals surface area contributed by atoms with Crippen LogP contribution in [0.1, 0.15) is 0 Å². The van der Waals surface area contributed by atoms with Crippen LogP contribution in [0.4, 0.5) is 0 Å². The number of aromatic nitrogens is 2. The summed E-state index contributed by atoms with van der Waals surface area (Å²) < 4.78 is 1.20. The van der Waals surface area contributed by atoms with Crippen molar-refractivity contribution < 1.29 is 0 Å². The summed E-state index contributed by atoms with van der Waals surface area (Å²) in [7, 11) is 0. The van der Waals surface area contributed by atoms with Crippen molar-refractivity contribution >= 4 is 45.6 Å². The van der Waals surface area contributed by atoms with Crippen LogP contribution in [0.3, 0.4) is 0 Å². The lowest BCUT2D eigenvalue weighted by molar-refractivity contribution is 1.10. The predicted molar refractivity (Wildman–Crippen MR) is 73.0 cm³/mol. The van der Waals surface area contributed by atoms with E-state index in [1.54, 1.807) is 23.1 Å². The average Bonchev–Trinajstić information content (AvgIpc) is 2.81. The number of fused-ring (bicyclic) bond motifs is 1. The van der Waals surface area contributed by atoms with Gasteiger partial charge >= 0.3 is 0 Å². The molecule has 0 saturated carbocycles. The fourth-order valence-electron chi connectivity index (χ4n) is 1.52. The number of rotatable bonds is 2. The van der Waals surface area contributed by atoms with Crippen molar-refractivity contribution in [2.24, 2.45) is 0 Å². The van der Waals surface area contributed by atoms with Crippen molar-refractivity contribution in [3.63, 3.8) is 0 Å². The quantitative estimate of drug-likeness (QED) is 0.510. The van der Waals surface area contributed by atoms with Gasteiger partial charge in [0.05, 0.1) is 9.73 Å². The van der Waals surface area contributed by atoms with Gasteiger partial charge < -0.3 is 0 Å². The molecule has 0 bridgehead atoms. The number of nitrogens with zero attached hydrogens (tertiary/aromatic N) is 2. The zero-order valence-electron chi connectivity index (χ0n) is 8.63. The monoisotopic (exact) mass is 278 g/mol. The molecular formula is C12H7ClN2S2. The van der Waals surface area contributed by atoms with Crippen molar-refractivity contribution in [2.75, 3.05) is 0 Å². The Bertz CT molecular complexity index is 653. The summed E-state index contributed by atoms with van der Waals surface area (Å²) in [5, 5.41) is 4.29. The topological polar surface area (TPSA) is 25.8 Å². The van der Waals surface area contributed by atoms with Gasteiger partial charge in [-0.2, -0.15) is 0 Å². The zero-order valence-corrected chi connectivity index (χ0v) is 11.0. The minimum atomic E-state index is 0.294. The lowest BCUT2D eigenvalue weighted by Gasteiger charge is -2.03. The number of hydrogen-bond acceptors (Lipinski definition) is 4. The standard InChI is InChI=1S/C12H7ClN2S2/c13-12-14-9-5-2-1-4-8(9)11(15-12)17-10-6-3-7-16-10/h1-7H. The van der Waals surface area contributed by atoms with Crippen molar-refractivity contribution in [3.8, 4) is 0 Å². The highest BCUT2D eigenvalue weighted by Crippen LogP contribution is 2.34. The van der Waals surface area contributed by atoms with Gasteiger partial charge in [-0.05, 0) is 29.1 Å². The molecule has 2 nitrogen and oxygen atoms in total. The molecule has 0 saturated heterocycles. The molecule has 1 aromatic carbocycles. The Hall–Kier alpha value is -1.10. The molecule has 0 spiro atoms. The van der Waals surface area contributed by atoms with Gasteiger partial charge in [-0.1, -0.05) is 36.0 Å². The SMILES string of the molecule is Clc1nc(Sc2cccs2)c2ccccc2n1. The van der Waals surface area contributed by atoms with Gasteiger partial charge in [-0.25, -0.2) is 9.97 Å². The summed E-state index contributed by atoms with van der Waals surface area (Å²) in [4.78, 5) is 8.51. The number of thiophene rings is 1. The molecule has 0 aliphatic heterocycles. The van der Waals surface area contributed by atoms with Gasteiger partial charge in [-0.15, -0.1) is 11.3 Å². The van der Waals surface area contributed by atoms with E-state index < -0.39 is 0 Å². The summed E-state index contributed by atoms with van der Waals surface area (Å²) in [6, 6.07) is 12.0. The fourth-order valence-corrected chi connectivity index (χ4v) is 3.54. The Morgan fingerprint density at radius 2 is 1.94 bits per heavy atom. The molecule has 5 heteroatoms. The number of benzene rings is 1. The first-order valence-corrected chi connectivity index (χ1v) is 7.04. The van der Waals surface area contributed by atoms with Gasteiger partial charge in [0.15, 0.2) is 0 Å². The van der Waals surface area contributed by atoms with Crippen LogP contribution < -0.4 is 0 Å². The van der Waals surface area contributed by atoms with Crippen LogP contribution in [0, 0.1) is 0 Å². The first-order chi connectivity index (χ1) is 8.33. The van der Waals surface area contributed by atoms with E-state index in [0.29, 0.717) is 5.28 Å². The molecule has 0 N–H and O–H groups in total. The lowest BCUT2D eigenvalue weighted by Crippen LogP contribution is -1.88. The highest BCUT2D eigenvalue weighted by molar-refractivity contribution is 8.01. The van der Waals surface area contributed by atoms with E-state index in [1.807, 2.05) is 35.7 Å². The summed E-state index contributed by atoms with van der Waals surface area (Å²) in [6.45, 7) is 0. The smallest absolute Gasteiger partial charge is 0.218 e. The maximum atomic E-state index is 5.93. The molecule has 0 aliphatic carbocycles. The van der Waals surface area contributed by atoms with Gasteiger partial charge in [0.25, 0.3) is 0 Å². The summed E-state index contributed by atoms with van der Waals surface area (Å²) in [6.07, 6.45) is 0. The molecule has 0 radical (unpaired) electrons. The molecule has 0 fully saturated rings. The Labute approximate surface area is 112 Å². The van der Waals surface area contributed by atoms with Crippen LogP contribution in [0.2, 0.25) is 5.28 Å². The maximum absolute atomic E-state index is 5.93. The summed E-state index contributed by atoms with van der Waals surface area (Å²) in [5.41, 5.74) is 0.881. The van der Waals surface area contributed by atoms with Crippen molar-refractivity contribution in [1.29, 1.82) is 0 Å². The minimum Gasteiger partial charge on any atom is -0.218 e. The van der Waals surface area contributed by atoms with Gasteiger partial charge in [0.1, 0.15) is 5.03 Å². The summed E-state index contributed by atoms with van der Waals surface area (Å²) >= 11 is 9.24. The molecule has 2 heterocycles. The van der Waals surface area contributed by atoms with Crippen molar-refractivity contribution in [1.82, 2.24) is 9.97 Å². The van der Waals surface area contributed by atoms with E-state index in [4.69, 9.17) is 11.6 Å². The van der Waals surface area contributed by atoms with Crippen LogP contribution in [-0.4, -0.2) is 9.97 Å². The van der Waals surface area contributed by atoms with E-state index >= 15 is 0 Å². The third-order valence-electron chi connectivity index (χ3n) is 2.23. The Morgan fingerprint density at radius 3 is 2.76 bits per heavy atom. The molecule has 0 atom stereocenters. The first-order valence-electron chi connectivity index (χ1n) is 4.96. The Kier molecular flexibility index (Phi) is 3.01. The van der Waals surface area contributed by atoms with E-state index in [-0.39, 0.29) is 0 Å². The molecule has 84 valence electrons. The third kappa shape index (κ3) is 2.29. The highest BCUT2D eigenvalue weighted by Gasteiger charge is 2.08. The Balaban J connectivity index is 2.14. The lowest BCUT2D eigenvalue weighted by atomic mass is 10.2. The summed E-state index contributed by atoms with van der Waals surface area (Å²) in [5.74, 6) is 0. The molecule has 17 heavy (non-hydrogen) atoms. The molecule has 0 unspecified atom stereocenters. The largest absolute Gasteiger partial charge is 0.224 e. The van der Waals surface area contributed by atoms with Crippen LogP contribution in [0.15, 0.2) is 51.0 Å². The third-order valence-corrected chi connectivity index (χ3v) is 4.44. The fraction of sp³-hybridized carbons (Fsp3) is 0. The number of hydrogen-bond donors (Lipinski definition) is 0. The molecular weight excluding hydrogens is 272 g/mol. The van der Waals surface area contributed by atoms with E-state index in [9.17, 15) is 0 Å². The second kappa shape index (κ2) is 4.64. The number of para-hydroxylation sites is 1. The van der Waals surface area contributed by atoms with E-state index in [1.165, 1.54) is 4.21 Å². The van der Waals surface area contributed by atoms with Crippen LogP contribution in [-0.2, 0) is 0 Å². The van der Waals surface area contributed by atoms with Crippen LogP contribution in [0.5, 0.6) is 0 Å². The molecule has 2 aromatic heterocycles.